The second-order valence-electron chi connectivity index (χ2n) is 7.77. The smallest absolute Gasteiger partial charge is 0.258 e. The molecule has 28 heavy (non-hydrogen) atoms. The van der Waals surface area contributed by atoms with Crippen LogP contribution in [0.15, 0.2) is 0 Å². The molecular weight excluding hydrogens is 450 g/mol. The van der Waals surface area contributed by atoms with Crippen LogP contribution in [0.1, 0.15) is 52.9 Å². The molecule has 1 unspecified atom stereocenters. The summed E-state index contributed by atoms with van der Waals surface area (Å²) >= 11 is 22.3. The topological polar surface area (TPSA) is 59.1 Å². The van der Waals surface area contributed by atoms with Crippen LogP contribution >= 0.6 is 46.4 Å². The largest absolute Gasteiger partial charge is 0.354 e. The Morgan fingerprint density at radius 2 is 1.50 bits per heavy atom. The van der Waals surface area contributed by atoms with Crippen molar-refractivity contribution in [1.82, 2.24) is 9.80 Å². The fourth-order valence-electron chi connectivity index (χ4n) is 4.10. The molecule has 10 heteroatoms. The number of carbonyl (C=O) groups is 2. The third-order valence-electron chi connectivity index (χ3n) is 5.30. The van der Waals surface area contributed by atoms with E-state index in [0.717, 1.165) is 25.7 Å². The Bertz CT molecular complexity index is 568. The molecule has 162 valence electrons. The van der Waals surface area contributed by atoms with E-state index in [9.17, 15) is 9.59 Å². The summed E-state index contributed by atoms with van der Waals surface area (Å²) in [6.07, 6.45) is 5.31. The normalized spacial score (nSPS) is 26.0. The summed E-state index contributed by atoms with van der Waals surface area (Å²) in [7, 11) is 0. The maximum Gasteiger partial charge on any atom is 0.258 e. The van der Waals surface area contributed by atoms with Crippen LogP contribution < -0.4 is 0 Å². The van der Waals surface area contributed by atoms with Crippen LogP contribution in [-0.2, 0) is 19.1 Å². The highest BCUT2D eigenvalue weighted by molar-refractivity contribution is 6.53. The zero-order valence-electron chi connectivity index (χ0n) is 16.4. The van der Waals surface area contributed by atoms with Crippen molar-refractivity contribution in [2.24, 2.45) is 0 Å². The van der Waals surface area contributed by atoms with Crippen molar-refractivity contribution in [3.8, 4) is 0 Å². The van der Waals surface area contributed by atoms with Crippen LogP contribution in [0.25, 0.3) is 0 Å². The van der Waals surface area contributed by atoms with Gasteiger partial charge >= 0.3 is 0 Å². The lowest BCUT2D eigenvalue weighted by Crippen LogP contribution is -2.51. The summed E-state index contributed by atoms with van der Waals surface area (Å²) in [6.45, 7) is 7.32. The molecule has 1 saturated carbocycles. The molecule has 0 aromatic carbocycles. The van der Waals surface area contributed by atoms with Gasteiger partial charge in [-0.2, -0.15) is 0 Å². The molecule has 2 amide bonds. The Hall–Kier alpha value is 0.0200. The van der Waals surface area contributed by atoms with Gasteiger partial charge in [0, 0.05) is 13.1 Å². The van der Waals surface area contributed by atoms with Gasteiger partial charge in [0.2, 0.25) is 0 Å². The lowest BCUT2D eigenvalue weighted by atomic mass is 9.90. The molecule has 1 atom stereocenters. The van der Waals surface area contributed by atoms with Crippen LogP contribution in [0.2, 0.25) is 0 Å². The van der Waals surface area contributed by atoms with E-state index in [1.807, 2.05) is 20.8 Å². The van der Waals surface area contributed by atoms with Gasteiger partial charge in [-0.25, -0.2) is 0 Å². The van der Waals surface area contributed by atoms with Crippen molar-refractivity contribution >= 4 is 58.2 Å². The highest BCUT2D eigenvalue weighted by Crippen LogP contribution is 2.38. The standard InChI is InChI=1S/C10H15Cl2NO2.C8H13Cl2NO2/c11-8(12)9(14)13-6-7-15-10(13)4-2-1-3-5-10;1-5-4-11(7(12)6(9)10)8(2,3)13-5/h8H,1-7H2;5-6H,4H2,1-3H3. The molecule has 0 bridgehead atoms. The number of halogens is 4. The predicted octanol–water partition coefficient (Wildman–Crippen LogP) is 4.08. The molecule has 0 aromatic heterocycles. The lowest BCUT2D eigenvalue weighted by Gasteiger charge is -2.40. The fraction of sp³-hybridized carbons (Fsp3) is 0.889. The van der Waals surface area contributed by atoms with E-state index in [2.05, 4.69) is 0 Å². The van der Waals surface area contributed by atoms with Crippen molar-refractivity contribution in [1.29, 1.82) is 0 Å². The molecule has 3 aliphatic rings. The average Bonchev–Trinajstić information content (AvgIpc) is 3.13. The number of carbonyl (C=O) groups excluding carboxylic acids is 2. The predicted molar refractivity (Wildman–Crippen MR) is 111 cm³/mol. The van der Waals surface area contributed by atoms with Crippen molar-refractivity contribution in [2.45, 2.75) is 80.1 Å². The molecule has 2 saturated heterocycles. The number of amides is 2. The van der Waals surface area contributed by atoms with Crippen LogP contribution in [0.4, 0.5) is 0 Å². The zero-order valence-corrected chi connectivity index (χ0v) is 19.5. The maximum absolute atomic E-state index is 11.8. The van der Waals surface area contributed by atoms with Crippen LogP contribution in [-0.4, -0.2) is 68.5 Å². The summed E-state index contributed by atoms with van der Waals surface area (Å²) in [6, 6.07) is 0. The molecule has 0 N–H and O–H groups in total. The summed E-state index contributed by atoms with van der Waals surface area (Å²) in [5.41, 5.74) is -0.990. The molecule has 3 rings (SSSR count). The Labute approximate surface area is 186 Å². The number of ether oxygens (including phenoxy) is 2. The van der Waals surface area contributed by atoms with Gasteiger partial charge < -0.3 is 19.3 Å². The second kappa shape index (κ2) is 9.88. The van der Waals surface area contributed by atoms with Gasteiger partial charge in [-0.3, -0.25) is 9.59 Å². The first kappa shape index (κ1) is 24.3. The molecule has 0 radical (unpaired) electrons. The zero-order chi connectivity index (χ0) is 21.1. The minimum atomic E-state index is -1.01. The van der Waals surface area contributed by atoms with Gasteiger partial charge in [-0.1, -0.05) is 52.8 Å². The Morgan fingerprint density at radius 3 is 1.96 bits per heavy atom. The first-order valence-electron chi connectivity index (χ1n) is 9.51. The molecule has 1 spiro atoms. The number of hydrogen-bond acceptors (Lipinski definition) is 4. The third-order valence-corrected chi connectivity index (χ3v) is 6.04. The van der Waals surface area contributed by atoms with E-state index in [1.54, 1.807) is 9.80 Å². The second-order valence-corrected chi connectivity index (χ2v) is 9.96. The molecule has 0 aromatic rings. The Balaban J connectivity index is 0.000000203. The van der Waals surface area contributed by atoms with Gasteiger partial charge in [0.25, 0.3) is 11.8 Å². The highest BCUT2D eigenvalue weighted by Gasteiger charge is 2.46. The van der Waals surface area contributed by atoms with Crippen LogP contribution in [0.5, 0.6) is 0 Å². The first-order valence-corrected chi connectivity index (χ1v) is 11.3. The van der Waals surface area contributed by atoms with E-state index < -0.39 is 21.1 Å². The number of alkyl halides is 4. The van der Waals surface area contributed by atoms with E-state index >= 15 is 0 Å². The van der Waals surface area contributed by atoms with Gasteiger partial charge in [0.05, 0.1) is 12.7 Å². The summed E-state index contributed by atoms with van der Waals surface area (Å²) in [5.74, 6) is -0.504. The fourth-order valence-corrected chi connectivity index (χ4v) is 4.57. The van der Waals surface area contributed by atoms with E-state index in [1.165, 1.54) is 6.42 Å². The molecular formula is C18H28Cl4N2O4. The van der Waals surface area contributed by atoms with E-state index in [-0.39, 0.29) is 17.9 Å². The lowest BCUT2D eigenvalue weighted by molar-refractivity contribution is -0.153. The van der Waals surface area contributed by atoms with Crippen molar-refractivity contribution in [2.75, 3.05) is 19.7 Å². The van der Waals surface area contributed by atoms with Gasteiger partial charge in [0.15, 0.2) is 9.67 Å². The van der Waals surface area contributed by atoms with Gasteiger partial charge in [-0.15, -0.1) is 0 Å². The van der Waals surface area contributed by atoms with Crippen LogP contribution in [0.3, 0.4) is 0 Å². The summed E-state index contributed by atoms with van der Waals surface area (Å²) < 4.78 is 11.3. The summed E-state index contributed by atoms with van der Waals surface area (Å²) in [4.78, 5) is 24.6. The molecule has 1 aliphatic carbocycles. The summed E-state index contributed by atoms with van der Waals surface area (Å²) in [5, 5.41) is 0. The van der Waals surface area contributed by atoms with E-state index in [4.69, 9.17) is 55.9 Å². The van der Waals surface area contributed by atoms with Crippen molar-refractivity contribution < 1.29 is 19.1 Å². The number of nitrogens with zero attached hydrogens (tertiary/aromatic N) is 2. The van der Waals surface area contributed by atoms with Crippen molar-refractivity contribution in [3.05, 3.63) is 0 Å². The number of hydrogen-bond donors (Lipinski definition) is 0. The third kappa shape index (κ3) is 5.58. The maximum atomic E-state index is 11.8. The highest BCUT2D eigenvalue weighted by atomic mass is 35.5. The molecule has 2 aliphatic heterocycles. The quantitative estimate of drug-likeness (QED) is 0.562. The van der Waals surface area contributed by atoms with E-state index in [0.29, 0.717) is 19.7 Å². The average molecular weight is 478 g/mol. The van der Waals surface area contributed by atoms with Crippen molar-refractivity contribution in [3.63, 3.8) is 0 Å². The molecule has 2 heterocycles. The number of rotatable bonds is 2. The van der Waals surface area contributed by atoms with Crippen LogP contribution in [0, 0.1) is 0 Å². The minimum absolute atomic E-state index is 0.0334. The Kier molecular flexibility index (Phi) is 8.58. The molecule has 6 nitrogen and oxygen atoms in total. The SMILES string of the molecule is CC1CN(C(=O)C(Cl)Cl)C(C)(C)O1.O=C(C(Cl)Cl)N1CCOC12CCCCC2. The van der Waals surface area contributed by atoms with Gasteiger partial charge in [-0.05, 0) is 46.5 Å². The Morgan fingerprint density at radius 1 is 0.964 bits per heavy atom. The first-order chi connectivity index (χ1) is 13.0. The monoisotopic (exact) mass is 476 g/mol. The minimum Gasteiger partial charge on any atom is -0.354 e. The van der Waals surface area contributed by atoms with Gasteiger partial charge in [0.1, 0.15) is 11.4 Å². The molecule has 3 fully saturated rings.